The van der Waals surface area contributed by atoms with Gasteiger partial charge in [0.2, 0.25) is 23.6 Å². The van der Waals surface area contributed by atoms with Gasteiger partial charge in [0.05, 0.1) is 36.3 Å². The number of benzene rings is 2. The topological polar surface area (TPSA) is 322 Å². The van der Waals surface area contributed by atoms with E-state index < -0.39 is 47.0 Å². The summed E-state index contributed by atoms with van der Waals surface area (Å²) < 4.78 is 19.4. The van der Waals surface area contributed by atoms with Gasteiger partial charge in [0.1, 0.15) is 36.1 Å². The zero-order valence-electron chi connectivity index (χ0n) is 41.4. The van der Waals surface area contributed by atoms with Crippen LogP contribution >= 0.6 is 0 Å². The number of fused-ring (bicyclic) bond motifs is 3. The molecule has 5 rings (SSSR count). The van der Waals surface area contributed by atoms with Gasteiger partial charge >= 0.3 is 12.1 Å². The van der Waals surface area contributed by atoms with Gasteiger partial charge in [-0.2, -0.15) is 0 Å². The first-order chi connectivity index (χ1) is 34.3. The fraction of sp³-hybridized carbons (Fsp3) is 0.469. The Balaban J connectivity index is 1.03. The number of nitrogens with one attached hydrogen (secondary N) is 6. The Morgan fingerprint density at radius 3 is 2.25 bits per heavy atom. The Kier molecular flexibility index (Phi) is 19.9. The van der Waals surface area contributed by atoms with Crippen molar-refractivity contribution in [3.63, 3.8) is 0 Å². The van der Waals surface area contributed by atoms with E-state index in [4.69, 9.17) is 30.7 Å². The third kappa shape index (κ3) is 16.5. The van der Waals surface area contributed by atoms with Gasteiger partial charge in [-0.25, -0.2) is 19.6 Å². The third-order valence-electron chi connectivity index (χ3n) is 11.4. The summed E-state index contributed by atoms with van der Waals surface area (Å²) in [5.41, 5.74) is 12.5. The summed E-state index contributed by atoms with van der Waals surface area (Å²) in [5, 5.41) is 16.6. The SMILES string of the molecule is CCOCc1nc2c(N)nc3ccccc3c2n1CC(C)(C)OCCNC(=O)C(C)(C)NC(=O)OCc1ccc(NC(=O)[C@H](CCCNC(N)=O)NC(=O)CNC(=O)CCCCCN2C(=O)C=CC2=O)cc1. The van der Waals surface area contributed by atoms with Crippen LogP contribution in [0, 0.1) is 0 Å². The second-order valence-electron chi connectivity index (χ2n) is 18.1. The first-order valence-corrected chi connectivity index (χ1v) is 23.8. The molecule has 23 nitrogen and oxygen atoms in total. The number of nitrogen functional groups attached to an aromatic ring is 1. The molecule has 1 atom stereocenters. The smallest absolute Gasteiger partial charge is 0.408 e. The molecule has 1 aliphatic rings. The Hall–Kier alpha value is -7.66. The second-order valence-corrected chi connectivity index (χ2v) is 18.1. The van der Waals surface area contributed by atoms with E-state index in [2.05, 4.69) is 36.9 Å². The number of rotatable bonds is 28. The summed E-state index contributed by atoms with van der Waals surface area (Å²) in [4.78, 5) is 110. The van der Waals surface area contributed by atoms with E-state index in [1.807, 2.05) is 49.6 Å². The average Bonchev–Trinajstić information content (AvgIpc) is 3.86. The number of anilines is 2. The molecule has 0 fully saturated rings. The summed E-state index contributed by atoms with van der Waals surface area (Å²) in [6, 6.07) is 12.3. The number of hydrogen-bond donors (Lipinski definition) is 8. The van der Waals surface area contributed by atoms with Crippen LogP contribution in [-0.2, 0) is 62.7 Å². The van der Waals surface area contributed by atoms with Crippen LogP contribution in [0.15, 0.2) is 60.7 Å². The normalized spacial score (nSPS) is 13.0. The van der Waals surface area contributed by atoms with Crippen molar-refractivity contribution in [2.24, 2.45) is 5.73 Å². The van der Waals surface area contributed by atoms with Gasteiger partial charge in [-0.1, -0.05) is 36.8 Å². The van der Waals surface area contributed by atoms with Crippen molar-refractivity contribution >= 4 is 81.0 Å². The van der Waals surface area contributed by atoms with E-state index in [0.717, 1.165) is 21.3 Å². The molecule has 4 aromatic rings. The van der Waals surface area contributed by atoms with Gasteiger partial charge in [0.25, 0.3) is 11.8 Å². The molecule has 2 aromatic heterocycles. The quantitative estimate of drug-likeness (QED) is 0.0300. The van der Waals surface area contributed by atoms with Gasteiger partial charge in [-0.3, -0.25) is 33.7 Å². The van der Waals surface area contributed by atoms with Crippen LogP contribution in [0.3, 0.4) is 0 Å². The number of imidazole rings is 1. The zero-order valence-corrected chi connectivity index (χ0v) is 41.4. The van der Waals surface area contributed by atoms with E-state index in [9.17, 15) is 38.4 Å². The molecule has 23 heteroatoms. The highest BCUT2D eigenvalue weighted by Gasteiger charge is 2.31. The van der Waals surface area contributed by atoms with Gasteiger partial charge in [0.15, 0.2) is 5.82 Å². The van der Waals surface area contributed by atoms with E-state index in [1.54, 1.807) is 24.3 Å². The number of urea groups is 1. The van der Waals surface area contributed by atoms with Crippen LogP contribution in [0.1, 0.15) is 84.5 Å². The van der Waals surface area contributed by atoms with Gasteiger partial charge < -0.3 is 62.1 Å². The molecule has 72 heavy (non-hydrogen) atoms. The molecule has 1 aliphatic heterocycles. The molecule has 0 bridgehead atoms. The lowest BCUT2D eigenvalue weighted by Crippen LogP contribution is -2.55. The predicted octanol–water partition coefficient (Wildman–Crippen LogP) is 2.79. The number of nitrogens with zero attached hydrogens (tertiary/aromatic N) is 4. The highest BCUT2D eigenvalue weighted by Crippen LogP contribution is 2.31. The lowest BCUT2D eigenvalue weighted by Gasteiger charge is -2.28. The van der Waals surface area contributed by atoms with Crippen molar-refractivity contribution < 1.29 is 52.6 Å². The van der Waals surface area contributed by atoms with Crippen molar-refractivity contribution in [1.82, 2.24) is 46.0 Å². The van der Waals surface area contributed by atoms with E-state index in [0.29, 0.717) is 60.8 Å². The summed E-state index contributed by atoms with van der Waals surface area (Å²) in [6.45, 7) is 10.2. The molecule has 3 heterocycles. The molecule has 0 saturated heterocycles. The van der Waals surface area contributed by atoms with Crippen LogP contribution in [-0.4, -0.2) is 124 Å². The number of amides is 9. The Morgan fingerprint density at radius 1 is 0.819 bits per heavy atom. The molecule has 2 aromatic carbocycles. The number of hydrogen-bond acceptors (Lipinski definition) is 14. The monoisotopic (exact) mass is 998 g/mol. The first-order valence-electron chi connectivity index (χ1n) is 23.8. The number of carbonyl (C=O) groups is 8. The summed E-state index contributed by atoms with van der Waals surface area (Å²) in [7, 11) is 0. The summed E-state index contributed by atoms with van der Waals surface area (Å²) >= 11 is 0. The molecule has 10 N–H and O–H groups in total. The number of pyridine rings is 1. The number of ether oxygens (including phenoxy) is 3. The number of para-hydroxylation sites is 1. The summed E-state index contributed by atoms with van der Waals surface area (Å²) in [6.07, 6.45) is 3.70. The van der Waals surface area contributed by atoms with Crippen molar-refractivity contribution in [2.75, 3.05) is 50.4 Å². The second kappa shape index (κ2) is 26.0. The molecule has 0 radical (unpaired) electrons. The van der Waals surface area contributed by atoms with Crippen LogP contribution in [0.5, 0.6) is 0 Å². The highest BCUT2D eigenvalue weighted by molar-refractivity contribution is 6.13. The summed E-state index contributed by atoms with van der Waals surface area (Å²) in [5.74, 6) is -1.76. The van der Waals surface area contributed by atoms with Crippen molar-refractivity contribution in [2.45, 2.75) is 110 Å². The number of imide groups is 1. The molecule has 0 spiro atoms. The number of primary amides is 1. The Bertz CT molecular complexity index is 2610. The number of carbonyl (C=O) groups excluding carboxylic acids is 8. The highest BCUT2D eigenvalue weighted by atomic mass is 16.5. The molecule has 388 valence electrons. The lowest BCUT2D eigenvalue weighted by molar-refractivity contribution is -0.137. The first kappa shape index (κ1) is 55.3. The lowest BCUT2D eigenvalue weighted by atomic mass is 10.1. The largest absolute Gasteiger partial charge is 0.445 e. The van der Waals surface area contributed by atoms with Crippen LogP contribution in [0.25, 0.3) is 21.9 Å². The molecule has 9 amide bonds. The maximum absolute atomic E-state index is 13.3. The molecule has 0 unspecified atom stereocenters. The van der Waals surface area contributed by atoms with E-state index >= 15 is 0 Å². The molecule has 0 saturated carbocycles. The number of nitrogens with two attached hydrogens (primary N) is 2. The maximum Gasteiger partial charge on any atom is 0.408 e. The Labute approximate surface area is 416 Å². The standard InChI is InChI=1S/C49H66N12O11/c1-6-70-29-36-58-41-42(33-13-9-10-14-34(33)57-43(41)50)61(36)30-48(2,3)72-26-24-52-45(67)49(4,5)59-47(69)71-28-31-17-19-32(20-18-31)55-44(66)35(15-12-23-53-46(51)68)56-38(63)27-54-37(62)16-8-7-11-25-60-39(64)21-22-40(60)65/h9-10,13-14,17-22,35H,6-8,11-12,15-16,23-30H2,1-5H3,(H2,50,57)(H,52,67)(H,54,62)(H,55,66)(H,56,63)(H,59,69)(H3,51,53,68)/t35-/m0/s1. The van der Waals surface area contributed by atoms with Gasteiger partial charge in [-0.15, -0.1) is 0 Å². The molecular weight excluding hydrogens is 933 g/mol. The van der Waals surface area contributed by atoms with Crippen LogP contribution in [0.4, 0.5) is 21.1 Å². The van der Waals surface area contributed by atoms with Crippen molar-refractivity contribution in [1.29, 1.82) is 0 Å². The van der Waals surface area contributed by atoms with Gasteiger partial charge in [-0.05, 0) is 84.1 Å². The average molecular weight is 999 g/mol. The number of alkyl carbamates (subject to hydrolysis) is 1. The predicted molar refractivity (Wildman–Crippen MR) is 266 cm³/mol. The Morgan fingerprint density at radius 2 is 1.54 bits per heavy atom. The maximum atomic E-state index is 13.3. The minimum atomic E-state index is -1.35. The number of unbranched alkanes of at least 4 members (excludes halogenated alkanes) is 2. The fourth-order valence-electron chi connectivity index (χ4n) is 7.61. The van der Waals surface area contributed by atoms with Crippen molar-refractivity contribution in [3.05, 3.63) is 72.1 Å². The van der Waals surface area contributed by atoms with E-state index in [-0.39, 0.29) is 83.0 Å². The minimum Gasteiger partial charge on any atom is -0.445 e. The molecule has 0 aliphatic carbocycles. The fourth-order valence-corrected chi connectivity index (χ4v) is 7.61. The van der Waals surface area contributed by atoms with Crippen molar-refractivity contribution in [3.8, 4) is 0 Å². The molecular formula is C49H66N12O11. The minimum absolute atomic E-state index is 0.117. The van der Waals surface area contributed by atoms with Crippen LogP contribution < -0.4 is 43.4 Å². The van der Waals surface area contributed by atoms with Gasteiger partial charge in [0, 0.05) is 55.9 Å². The third-order valence-corrected chi connectivity index (χ3v) is 11.4. The number of aromatic nitrogens is 3. The van der Waals surface area contributed by atoms with E-state index in [1.165, 1.54) is 26.0 Å². The van der Waals surface area contributed by atoms with Crippen LogP contribution in [0.2, 0.25) is 0 Å². The zero-order chi connectivity index (χ0) is 52.4.